The lowest BCUT2D eigenvalue weighted by Crippen LogP contribution is -2.14. The molecule has 2 aromatic rings. The average molecular weight is 311 g/mol. The van der Waals surface area contributed by atoms with Crippen LogP contribution in [0.4, 0.5) is 4.39 Å². The van der Waals surface area contributed by atoms with Gasteiger partial charge in [-0.05, 0) is 18.2 Å². The first-order valence-electron chi connectivity index (χ1n) is 6.01. The van der Waals surface area contributed by atoms with E-state index in [0.717, 1.165) is 0 Å². The Bertz CT molecular complexity index is 635. The van der Waals surface area contributed by atoms with Crippen molar-refractivity contribution in [3.63, 3.8) is 0 Å². The van der Waals surface area contributed by atoms with Crippen LogP contribution < -0.4 is 15.2 Å². The summed E-state index contributed by atoms with van der Waals surface area (Å²) in [5.74, 6) is 0.319. The quantitative estimate of drug-likeness (QED) is 0.658. The van der Waals surface area contributed by atoms with Gasteiger partial charge < -0.3 is 15.2 Å². The number of amidine groups is 1. The number of nitrogens with one attached hydrogen (secondary N) is 1. The second kappa shape index (κ2) is 7.50. The number of benzene rings is 2. The number of nitrogens with two attached hydrogens (primary N) is 1. The second-order valence-corrected chi connectivity index (χ2v) is 4.13. The molecule has 0 unspecified atom stereocenters. The molecule has 0 atom stereocenters. The number of rotatable bonds is 5. The molecule has 3 N–H and O–H groups in total. The fourth-order valence-corrected chi connectivity index (χ4v) is 1.80. The molecule has 0 fully saturated rings. The lowest BCUT2D eigenvalue weighted by atomic mass is 10.1. The van der Waals surface area contributed by atoms with Crippen molar-refractivity contribution in [2.75, 3.05) is 7.11 Å². The fraction of sp³-hybridized carbons (Fsp3) is 0.133. The van der Waals surface area contributed by atoms with E-state index in [0.29, 0.717) is 22.6 Å². The van der Waals surface area contributed by atoms with Crippen molar-refractivity contribution < 1.29 is 13.9 Å². The molecule has 21 heavy (non-hydrogen) atoms. The maximum Gasteiger partial charge on any atom is 0.172 e. The van der Waals surface area contributed by atoms with E-state index in [-0.39, 0.29) is 30.7 Å². The highest BCUT2D eigenvalue weighted by Gasteiger charge is 2.13. The van der Waals surface area contributed by atoms with Crippen LogP contribution in [0.5, 0.6) is 11.5 Å². The molecule has 6 heteroatoms. The van der Waals surface area contributed by atoms with Crippen molar-refractivity contribution in [3.05, 3.63) is 59.4 Å². The molecule has 4 nitrogen and oxygen atoms in total. The highest BCUT2D eigenvalue weighted by molar-refractivity contribution is 5.98. The third kappa shape index (κ3) is 3.86. The molecule has 0 radical (unpaired) electrons. The number of para-hydroxylation sites is 1. The maximum absolute atomic E-state index is 13.6. The Kier molecular flexibility index (Phi) is 5.99. The molecule has 0 saturated heterocycles. The summed E-state index contributed by atoms with van der Waals surface area (Å²) >= 11 is 0. The Hall–Kier alpha value is -2.27. The van der Waals surface area contributed by atoms with Gasteiger partial charge in [0, 0.05) is 5.56 Å². The van der Waals surface area contributed by atoms with Gasteiger partial charge in [0.15, 0.2) is 11.5 Å². The van der Waals surface area contributed by atoms with Crippen molar-refractivity contribution in [1.82, 2.24) is 0 Å². The van der Waals surface area contributed by atoms with Crippen molar-refractivity contribution >= 4 is 18.2 Å². The zero-order chi connectivity index (χ0) is 14.5. The summed E-state index contributed by atoms with van der Waals surface area (Å²) < 4.78 is 24.3. The zero-order valence-electron chi connectivity index (χ0n) is 11.4. The summed E-state index contributed by atoms with van der Waals surface area (Å²) in [4.78, 5) is 0. The third-order valence-corrected chi connectivity index (χ3v) is 2.82. The van der Waals surface area contributed by atoms with Gasteiger partial charge in [-0.1, -0.05) is 24.3 Å². The summed E-state index contributed by atoms with van der Waals surface area (Å²) in [6, 6.07) is 11.4. The van der Waals surface area contributed by atoms with E-state index in [9.17, 15) is 4.39 Å². The fourth-order valence-electron chi connectivity index (χ4n) is 1.80. The molecule has 0 spiro atoms. The molecule has 2 rings (SSSR count). The molecule has 2 aromatic carbocycles. The topological polar surface area (TPSA) is 68.3 Å². The lowest BCUT2D eigenvalue weighted by molar-refractivity contribution is 0.279. The van der Waals surface area contributed by atoms with Crippen LogP contribution in [0.3, 0.4) is 0 Å². The minimum atomic E-state index is -0.341. The third-order valence-electron chi connectivity index (χ3n) is 2.82. The molecular weight excluding hydrogens is 295 g/mol. The van der Waals surface area contributed by atoms with Crippen molar-refractivity contribution in [2.24, 2.45) is 5.73 Å². The normalized spacial score (nSPS) is 9.62. The predicted molar refractivity (Wildman–Crippen MR) is 82.0 cm³/mol. The SMILES string of the molecule is COc1cccc(C(=N)N)c1OCc1ccccc1F.Cl. The molecule has 112 valence electrons. The van der Waals surface area contributed by atoms with Crippen molar-refractivity contribution in [1.29, 1.82) is 5.41 Å². The van der Waals surface area contributed by atoms with Gasteiger partial charge in [0.05, 0.1) is 12.7 Å². The molecule has 0 saturated carbocycles. The Morgan fingerprint density at radius 3 is 2.52 bits per heavy atom. The van der Waals surface area contributed by atoms with Gasteiger partial charge in [-0.25, -0.2) is 4.39 Å². The van der Waals surface area contributed by atoms with Gasteiger partial charge >= 0.3 is 0 Å². The smallest absolute Gasteiger partial charge is 0.172 e. The van der Waals surface area contributed by atoms with Crippen molar-refractivity contribution in [2.45, 2.75) is 6.61 Å². The van der Waals surface area contributed by atoms with Crippen LogP contribution in [0.2, 0.25) is 0 Å². The standard InChI is InChI=1S/C15H15FN2O2.ClH/c1-19-13-8-4-6-11(15(17)18)14(13)20-9-10-5-2-3-7-12(10)16;/h2-8H,9H2,1H3,(H3,17,18);1H. The highest BCUT2D eigenvalue weighted by Crippen LogP contribution is 2.31. The molecule has 0 aliphatic rings. The molecule has 0 heterocycles. The van der Waals surface area contributed by atoms with E-state index < -0.39 is 0 Å². The zero-order valence-corrected chi connectivity index (χ0v) is 12.2. The lowest BCUT2D eigenvalue weighted by Gasteiger charge is -2.14. The Labute approximate surface area is 128 Å². The van der Waals surface area contributed by atoms with Gasteiger partial charge in [0.2, 0.25) is 0 Å². The van der Waals surface area contributed by atoms with E-state index in [1.165, 1.54) is 13.2 Å². The van der Waals surface area contributed by atoms with Crippen LogP contribution in [-0.4, -0.2) is 12.9 Å². The average Bonchev–Trinajstić information content (AvgIpc) is 2.46. The monoisotopic (exact) mass is 310 g/mol. The number of methoxy groups -OCH3 is 1. The van der Waals surface area contributed by atoms with Crippen molar-refractivity contribution in [3.8, 4) is 11.5 Å². The Morgan fingerprint density at radius 2 is 1.90 bits per heavy atom. The predicted octanol–water partition coefficient (Wildman–Crippen LogP) is 3.12. The Morgan fingerprint density at radius 1 is 1.19 bits per heavy atom. The van der Waals surface area contributed by atoms with Gasteiger partial charge in [-0.2, -0.15) is 0 Å². The number of ether oxygens (including phenoxy) is 2. The first-order chi connectivity index (χ1) is 9.63. The largest absolute Gasteiger partial charge is 0.493 e. The van der Waals surface area contributed by atoms with E-state index in [4.69, 9.17) is 20.6 Å². The highest BCUT2D eigenvalue weighted by atomic mass is 35.5. The molecule has 0 aliphatic carbocycles. The van der Waals surface area contributed by atoms with Crippen LogP contribution in [0.25, 0.3) is 0 Å². The van der Waals surface area contributed by atoms with Crippen LogP contribution >= 0.6 is 12.4 Å². The van der Waals surface area contributed by atoms with Gasteiger partial charge in [-0.3, -0.25) is 5.41 Å². The Balaban J connectivity index is 0.00000220. The molecule has 0 amide bonds. The van der Waals surface area contributed by atoms with E-state index in [1.54, 1.807) is 36.4 Å². The van der Waals surface area contributed by atoms with Crippen LogP contribution in [0.1, 0.15) is 11.1 Å². The molecular formula is C15H16ClFN2O2. The molecule has 0 bridgehead atoms. The van der Waals surface area contributed by atoms with Crippen LogP contribution in [0.15, 0.2) is 42.5 Å². The van der Waals surface area contributed by atoms with Crippen LogP contribution in [0, 0.1) is 11.2 Å². The number of hydrogen-bond acceptors (Lipinski definition) is 3. The number of halogens is 2. The number of nitrogen functional groups attached to an aromatic ring is 1. The first kappa shape index (κ1) is 16.8. The number of hydrogen-bond donors (Lipinski definition) is 2. The summed E-state index contributed by atoms with van der Waals surface area (Å²) in [5, 5.41) is 7.54. The molecule has 0 aromatic heterocycles. The van der Waals surface area contributed by atoms with Crippen LogP contribution in [-0.2, 0) is 6.61 Å². The molecule has 0 aliphatic heterocycles. The minimum Gasteiger partial charge on any atom is -0.493 e. The van der Waals surface area contributed by atoms with E-state index in [1.807, 2.05) is 0 Å². The van der Waals surface area contributed by atoms with E-state index in [2.05, 4.69) is 0 Å². The summed E-state index contributed by atoms with van der Waals surface area (Å²) in [6.45, 7) is 0.0350. The second-order valence-electron chi connectivity index (χ2n) is 4.13. The van der Waals surface area contributed by atoms with Gasteiger partial charge in [0.1, 0.15) is 18.3 Å². The first-order valence-corrected chi connectivity index (χ1v) is 6.01. The maximum atomic E-state index is 13.6. The summed E-state index contributed by atoms with van der Waals surface area (Å²) in [7, 11) is 1.50. The van der Waals surface area contributed by atoms with Gasteiger partial charge in [0.25, 0.3) is 0 Å². The summed E-state index contributed by atoms with van der Waals surface area (Å²) in [5.41, 5.74) is 6.35. The minimum absolute atomic E-state index is 0. The van der Waals surface area contributed by atoms with E-state index >= 15 is 0 Å². The van der Waals surface area contributed by atoms with Gasteiger partial charge in [-0.15, -0.1) is 12.4 Å². The summed E-state index contributed by atoms with van der Waals surface area (Å²) in [6.07, 6.45) is 0.